The summed E-state index contributed by atoms with van der Waals surface area (Å²) in [6, 6.07) is 6.17. The van der Waals surface area contributed by atoms with E-state index in [1.807, 2.05) is 16.8 Å². The zero-order valence-electron chi connectivity index (χ0n) is 7.34. The third-order valence-corrected chi connectivity index (χ3v) is 3.07. The first-order valence-corrected chi connectivity index (χ1v) is 4.99. The first-order chi connectivity index (χ1) is 6.29. The highest BCUT2D eigenvalue weighted by atomic mass is 32.1. The maximum Gasteiger partial charge on any atom is 0.122 e. The first kappa shape index (κ1) is 8.31. The predicted molar refractivity (Wildman–Crippen MR) is 54.8 cm³/mol. The van der Waals surface area contributed by atoms with E-state index in [1.165, 1.54) is 4.88 Å². The molecule has 1 atom stereocenters. The molecule has 2 heterocycles. The molecule has 0 fully saturated rings. The van der Waals surface area contributed by atoms with Crippen molar-refractivity contribution in [3.63, 3.8) is 0 Å². The highest BCUT2D eigenvalue weighted by molar-refractivity contribution is 7.10. The van der Waals surface area contributed by atoms with Gasteiger partial charge in [-0.3, -0.25) is 0 Å². The molecule has 2 rings (SSSR count). The van der Waals surface area contributed by atoms with Gasteiger partial charge in [0.25, 0.3) is 0 Å². The number of nitrogens with two attached hydrogens (primary N) is 1. The molecule has 13 heavy (non-hydrogen) atoms. The van der Waals surface area contributed by atoms with Crippen LogP contribution < -0.4 is 5.73 Å². The predicted octanol–water partition coefficient (Wildman–Crippen LogP) is 2.14. The molecule has 0 unspecified atom stereocenters. The first-order valence-electron chi connectivity index (χ1n) is 4.11. The van der Waals surface area contributed by atoms with Gasteiger partial charge in [0, 0.05) is 4.88 Å². The molecule has 0 amide bonds. The van der Waals surface area contributed by atoms with Crippen molar-refractivity contribution in [1.29, 1.82) is 0 Å². The van der Waals surface area contributed by atoms with Gasteiger partial charge in [-0.25, -0.2) is 4.68 Å². The summed E-state index contributed by atoms with van der Waals surface area (Å²) < 4.78 is 1.83. The Bertz CT molecular complexity index is 377. The Labute approximate surface area is 80.8 Å². The molecular weight excluding hydrogens is 182 g/mol. The van der Waals surface area contributed by atoms with Crippen molar-refractivity contribution in [2.45, 2.75) is 13.0 Å². The lowest BCUT2D eigenvalue weighted by molar-refractivity contribution is 0.581. The van der Waals surface area contributed by atoms with E-state index in [0.29, 0.717) is 5.82 Å². The fraction of sp³-hybridized carbons (Fsp3) is 0.222. The smallest absolute Gasteiger partial charge is 0.122 e. The second-order valence-electron chi connectivity index (χ2n) is 2.89. The number of hydrogen-bond donors (Lipinski definition) is 1. The van der Waals surface area contributed by atoms with Crippen LogP contribution in [-0.2, 0) is 0 Å². The summed E-state index contributed by atoms with van der Waals surface area (Å²) in [7, 11) is 0. The van der Waals surface area contributed by atoms with Crippen molar-refractivity contribution in [3.8, 4) is 0 Å². The molecule has 0 saturated carbocycles. The molecule has 0 aliphatic heterocycles. The van der Waals surface area contributed by atoms with Crippen LogP contribution in [0.2, 0.25) is 0 Å². The largest absolute Gasteiger partial charge is 0.384 e. The third kappa shape index (κ3) is 1.45. The zero-order valence-corrected chi connectivity index (χ0v) is 8.16. The fourth-order valence-electron chi connectivity index (χ4n) is 1.30. The van der Waals surface area contributed by atoms with Crippen molar-refractivity contribution >= 4 is 17.2 Å². The van der Waals surface area contributed by atoms with Crippen LogP contribution in [0.4, 0.5) is 5.82 Å². The summed E-state index contributed by atoms with van der Waals surface area (Å²) in [5.41, 5.74) is 5.75. The lowest BCUT2D eigenvalue weighted by Crippen LogP contribution is -2.09. The summed E-state index contributed by atoms with van der Waals surface area (Å²) in [6.45, 7) is 2.09. The van der Waals surface area contributed by atoms with Gasteiger partial charge in [0.2, 0.25) is 0 Å². The Morgan fingerprint density at radius 2 is 2.38 bits per heavy atom. The number of hydrogen-bond acceptors (Lipinski definition) is 3. The molecule has 68 valence electrons. The Hall–Kier alpha value is -1.29. The van der Waals surface area contributed by atoms with Gasteiger partial charge in [-0.2, -0.15) is 5.10 Å². The molecule has 0 aliphatic rings. The van der Waals surface area contributed by atoms with E-state index in [4.69, 9.17) is 5.73 Å². The molecule has 0 aromatic carbocycles. The summed E-state index contributed by atoms with van der Waals surface area (Å²) >= 11 is 1.72. The molecule has 0 saturated heterocycles. The molecule has 0 aliphatic carbocycles. The Kier molecular flexibility index (Phi) is 2.06. The molecule has 0 spiro atoms. The fourth-order valence-corrected chi connectivity index (χ4v) is 2.07. The minimum absolute atomic E-state index is 0.231. The highest BCUT2D eigenvalue weighted by Crippen LogP contribution is 2.23. The van der Waals surface area contributed by atoms with Gasteiger partial charge in [-0.15, -0.1) is 11.3 Å². The van der Waals surface area contributed by atoms with E-state index in [1.54, 1.807) is 17.5 Å². The van der Waals surface area contributed by atoms with Gasteiger partial charge >= 0.3 is 0 Å². The van der Waals surface area contributed by atoms with Crippen molar-refractivity contribution in [3.05, 3.63) is 34.7 Å². The van der Waals surface area contributed by atoms with E-state index >= 15 is 0 Å². The Morgan fingerprint density at radius 1 is 1.54 bits per heavy atom. The molecule has 2 aromatic rings. The van der Waals surface area contributed by atoms with Gasteiger partial charge in [-0.05, 0) is 24.4 Å². The van der Waals surface area contributed by atoms with Crippen LogP contribution in [0.3, 0.4) is 0 Å². The van der Waals surface area contributed by atoms with Crippen LogP contribution in [0.25, 0.3) is 0 Å². The van der Waals surface area contributed by atoms with E-state index in [9.17, 15) is 0 Å². The van der Waals surface area contributed by atoms with Gasteiger partial charge in [0.1, 0.15) is 5.82 Å². The van der Waals surface area contributed by atoms with Crippen molar-refractivity contribution in [1.82, 2.24) is 9.78 Å². The average Bonchev–Trinajstić information content (AvgIpc) is 2.72. The van der Waals surface area contributed by atoms with Crippen LogP contribution in [-0.4, -0.2) is 9.78 Å². The maximum atomic E-state index is 5.75. The minimum atomic E-state index is 0.231. The molecule has 0 bridgehead atoms. The van der Waals surface area contributed by atoms with E-state index < -0.39 is 0 Å². The second kappa shape index (κ2) is 3.22. The summed E-state index contributed by atoms with van der Waals surface area (Å²) in [5.74, 6) is 0.709. The van der Waals surface area contributed by atoms with Crippen LogP contribution in [0, 0.1) is 0 Å². The second-order valence-corrected chi connectivity index (χ2v) is 3.87. The number of thiophene rings is 1. The van der Waals surface area contributed by atoms with Gasteiger partial charge in [-0.1, -0.05) is 6.07 Å². The molecule has 3 nitrogen and oxygen atoms in total. The summed E-state index contributed by atoms with van der Waals surface area (Å²) in [6.07, 6.45) is 1.72. The Morgan fingerprint density at radius 3 is 2.92 bits per heavy atom. The van der Waals surface area contributed by atoms with Crippen molar-refractivity contribution in [2.75, 3.05) is 5.73 Å². The summed E-state index contributed by atoms with van der Waals surface area (Å²) in [4.78, 5) is 1.27. The molecule has 4 heteroatoms. The molecule has 0 radical (unpaired) electrons. The number of nitrogen functional groups attached to an aromatic ring is 1. The van der Waals surface area contributed by atoms with E-state index in [-0.39, 0.29) is 6.04 Å². The monoisotopic (exact) mass is 193 g/mol. The van der Waals surface area contributed by atoms with Gasteiger partial charge < -0.3 is 5.73 Å². The standard InChI is InChI=1S/C9H11N3S/c1-7(8-3-2-6-13-8)12-9(10)4-5-11-12/h2-7H,10H2,1H3/t7-/m1/s1. The maximum absolute atomic E-state index is 5.75. The molecular formula is C9H11N3S. The molecule has 2 N–H and O–H groups in total. The Balaban J connectivity index is 2.33. The number of aromatic nitrogens is 2. The van der Waals surface area contributed by atoms with Crippen molar-refractivity contribution < 1.29 is 0 Å². The highest BCUT2D eigenvalue weighted by Gasteiger charge is 2.10. The SMILES string of the molecule is C[C@H](c1cccs1)n1nccc1N. The third-order valence-electron chi connectivity index (χ3n) is 2.02. The minimum Gasteiger partial charge on any atom is -0.384 e. The topological polar surface area (TPSA) is 43.8 Å². The van der Waals surface area contributed by atoms with Gasteiger partial charge in [0.05, 0.1) is 12.2 Å². The van der Waals surface area contributed by atoms with Crippen molar-refractivity contribution in [2.24, 2.45) is 0 Å². The zero-order chi connectivity index (χ0) is 9.26. The van der Waals surface area contributed by atoms with Crippen LogP contribution >= 0.6 is 11.3 Å². The van der Waals surface area contributed by atoms with E-state index in [0.717, 1.165) is 0 Å². The molecule has 2 aromatic heterocycles. The van der Waals surface area contributed by atoms with Crippen LogP contribution in [0.5, 0.6) is 0 Å². The quantitative estimate of drug-likeness (QED) is 0.794. The lowest BCUT2D eigenvalue weighted by Gasteiger charge is -2.11. The van der Waals surface area contributed by atoms with Gasteiger partial charge in [0.15, 0.2) is 0 Å². The average molecular weight is 193 g/mol. The lowest BCUT2D eigenvalue weighted by atomic mass is 10.3. The normalized spacial score (nSPS) is 13.0. The summed E-state index contributed by atoms with van der Waals surface area (Å²) in [5, 5.41) is 6.23. The number of anilines is 1. The van der Waals surface area contributed by atoms with Crippen LogP contribution in [0.15, 0.2) is 29.8 Å². The number of rotatable bonds is 2. The number of nitrogens with zero attached hydrogens (tertiary/aromatic N) is 2. The van der Waals surface area contributed by atoms with Crippen LogP contribution in [0.1, 0.15) is 17.8 Å². The van der Waals surface area contributed by atoms with E-state index in [2.05, 4.69) is 23.5 Å².